The second kappa shape index (κ2) is 1.79. The molecule has 0 spiro atoms. The van der Waals surface area contributed by atoms with Crippen LogP contribution >= 0.6 is 27.3 Å². The van der Waals surface area contributed by atoms with E-state index in [1.54, 1.807) is 5.38 Å². The number of aromatic hydroxyl groups is 1. The van der Waals surface area contributed by atoms with E-state index < -0.39 is 0 Å². The van der Waals surface area contributed by atoms with E-state index in [1.165, 1.54) is 11.3 Å². The molecule has 0 radical (unpaired) electrons. The molecule has 1 aromatic heterocycles. The van der Waals surface area contributed by atoms with Gasteiger partial charge >= 0.3 is 0 Å². The van der Waals surface area contributed by atoms with Gasteiger partial charge in [-0.25, -0.2) is 0 Å². The summed E-state index contributed by atoms with van der Waals surface area (Å²) >= 11 is 4.44. The van der Waals surface area contributed by atoms with Gasteiger partial charge in [-0.3, -0.25) is 0 Å². The van der Waals surface area contributed by atoms with Crippen molar-refractivity contribution in [1.82, 2.24) is 4.98 Å². The first-order valence-electron chi connectivity index (χ1n) is 1.59. The highest BCUT2D eigenvalue weighted by atomic mass is 79.9. The van der Waals surface area contributed by atoms with Gasteiger partial charge in [0.2, 0.25) is 5.88 Å². The van der Waals surface area contributed by atoms with Gasteiger partial charge in [0, 0.05) is 0 Å². The predicted molar refractivity (Wildman–Crippen MR) is 31.5 cm³/mol. The molecular weight excluding hydrogens is 178 g/mol. The van der Waals surface area contributed by atoms with Crippen LogP contribution in [0.4, 0.5) is 0 Å². The summed E-state index contributed by atoms with van der Waals surface area (Å²) in [5, 5.41) is 10.1. The van der Waals surface area contributed by atoms with Gasteiger partial charge in [-0.05, 0) is 15.9 Å². The Hall–Kier alpha value is -0.0900. The first-order chi connectivity index (χ1) is 3.29. The van der Waals surface area contributed by atoms with E-state index in [9.17, 15) is 0 Å². The second-order valence-corrected chi connectivity index (χ2v) is 3.09. The molecule has 0 aliphatic carbocycles. The molecule has 4 heteroatoms. The maximum absolute atomic E-state index is 8.52. The van der Waals surface area contributed by atoms with Gasteiger partial charge in [0.15, 0.2) is 3.92 Å². The Bertz CT molecular complexity index is 147. The quantitative estimate of drug-likeness (QED) is 0.657. The third-order valence-electron chi connectivity index (χ3n) is 0.464. The summed E-state index contributed by atoms with van der Waals surface area (Å²) in [5.41, 5.74) is 0. The lowest BCUT2D eigenvalue weighted by Gasteiger charge is -1.69. The van der Waals surface area contributed by atoms with E-state index in [-0.39, 0.29) is 5.88 Å². The average Bonchev–Trinajstić information content (AvgIpc) is 1.87. The molecule has 38 valence electrons. The van der Waals surface area contributed by atoms with Crippen LogP contribution in [0.15, 0.2) is 9.30 Å². The summed E-state index contributed by atoms with van der Waals surface area (Å²) in [7, 11) is 0. The van der Waals surface area contributed by atoms with Crippen molar-refractivity contribution in [3.63, 3.8) is 0 Å². The largest absolute Gasteiger partial charge is 0.493 e. The molecule has 0 amide bonds. The van der Waals surface area contributed by atoms with Crippen LogP contribution in [0.5, 0.6) is 5.88 Å². The smallest absolute Gasteiger partial charge is 0.222 e. The van der Waals surface area contributed by atoms with Crippen LogP contribution in [0.1, 0.15) is 0 Å². The molecule has 0 saturated carbocycles. The van der Waals surface area contributed by atoms with Gasteiger partial charge in [-0.2, -0.15) is 4.98 Å². The number of hydrogen-bond donors (Lipinski definition) is 1. The molecule has 1 rings (SSSR count). The Labute approximate surface area is 53.0 Å². The van der Waals surface area contributed by atoms with Crippen molar-refractivity contribution in [1.29, 1.82) is 0 Å². The fourth-order valence-corrected chi connectivity index (χ4v) is 1.11. The molecule has 0 aliphatic rings. The van der Waals surface area contributed by atoms with Crippen LogP contribution in [0.25, 0.3) is 0 Å². The molecule has 0 fully saturated rings. The van der Waals surface area contributed by atoms with Gasteiger partial charge in [-0.1, -0.05) is 0 Å². The number of halogens is 1. The van der Waals surface area contributed by atoms with E-state index in [2.05, 4.69) is 20.9 Å². The van der Waals surface area contributed by atoms with E-state index in [0.29, 0.717) is 3.92 Å². The molecule has 2 nitrogen and oxygen atoms in total. The van der Waals surface area contributed by atoms with Crippen molar-refractivity contribution in [2.24, 2.45) is 0 Å². The summed E-state index contributed by atoms with van der Waals surface area (Å²) in [6, 6.07) is 0. The number of hydrogen-bond acceptors (Lipinski definition) is 3. The van der Waals surface area contributed by atoms with Gasteiger partial charge in [0.05, 0.1) is 5.38 Å². The van der Waals surface area contributed by atoms with Crippen LogP contribution in [0, 0.1) is 0 Å². The number of thiazole rings is 1. The maximum Gasteiger partial charge on any atom is 0.222 e. The van der Waals surface area contributed by atoms with E-state index in [0.717, 1.165) is 0 Å². The highest BCUT2D eigenvalue weighted by Gasteiger charge is 1.90. The summed E-state index contributed by atoms with van der Waals surface area (Å²) in [4.78, 5) is 3.60. The first-order valence-corrected chi connectivity index (χ1v) is 3.26. The highest BCUT2D eigenvalue weighted by molar-refractivity contribution is 9.11. The topological polar surface area (TPSA) is 33.1 Å². The molecule has 0 atom stereocenters. The molecule has 1 heterocycles. The zero-order valence-corrected chi connectivity index (χ0v) is 5.66. The summed E-state index contributed by atoms with van der Waals surface area (Å²) in [5.74, 6) is 0.0804. The molecule has 0 saturated heterocycles. The van der Waals surface area contributed by atoms with Crippen LogP contribution in [-0.4, -0.2) is 10.1 Å². The monoisotopic (exact) mass is 179 g/mol. The normalized spacial score (nSPS) is 9.29. The summed E-state index contributed by atoms with van der Waals surface area (Å²) in [6.07, 6.45) is 0. The summed E-state index contributed by atoms with van der Waals surface area (Å²) < 4.78 is 0.713. The van der Waals surface area contributed by atoms with Gasteiger partial charge < -0.3 is 5.11 Å². The fourth-order valence-electron chi connectivity index (χ4n) is 0.244. The zero-order valence-electron chi connectivity index (χ0n) is 3.26. The number of rotatable bonds is 0. The van der Waals surface area contributed by atoms with Crippen LogP contribution in [0.3, 0.4) is 0 Å². The third kappa shape index (κ3) is 1.14. The Morgan fingerprint density at radius 3 is 2.71 bits per heavy atom. The molecular formula is C3H2BrNOS. The van der Waals surface area contributed by atoms with E-state index >= 15 is 0 Å². The Kier molecular flexibility index (Phi) is 1.30. The van der Waals surface area contributed by atoms with E-state index in [1.807, 2.05) is 0 Å². The Balaban J connectivity index is 3.04. The standard InChI is InChI=1S/C3H2BrNOS/c4-3-5-2(6)1-7-3/h1,6H. The number of nitrogens with zero attached hydrogens (tertiary/aromatic N) is 1. The molecule has 7 heavy (non-hydrogen) atoms. The van der Waals surface area contributed by atoms with Crippen LogP contribution < -0.4 is 0 Å². The third-order valence-corrected chi connectivity index (χ3v) is 1.82. The van der Waals surface area contributed by atoms with Gasteiger partial charge in [-0.15, -0.1) is 11.3 Å². The Morgan fingerprint density at radius 2 is 2.57 bits per heavy atom. The molecule has 1 N–H and O–H groups in total. The molecule has 1 aromatic rings. The SMILES string of the molecule is Oc1csc(Br)n1. The van der Waals surface area contributed by atoms with Crippen molar-refractivity contribution >= 4 is 27.3 Å². The fraction of sp³-hybridized carbons (Fsp3) is 0. The van der Waals surface area contributed by atoms with Crippen molar-refractivity contribution < 1.29 is 5.11 Å². The van der Waals surface area contributed by atoms with Crippen LogP contribution in [0.2, 0.25) is 0 Å². The maximum atomic E-state index is 8.52. The molecule has 0 aliphatic heterocycles. The molecule has 0 unspecified atom stereocenters. The second-order valence-electron chi connectivity index (χ2n) is 0.959. The minimum absolute atomic E-state index is 0.0804. The van der Waals surface area contributed by atoms with Crippen molar-refractivity contribution in [2.45, 2.75) is 0 Å². The first kappa shape index (κ1) is 5.05. The molecule has 0 bridgehead atoms. The van der Waals surface area contributed by atoms with Crippen molar-refractivity contribution in [2.75, 3.05) is 0 Å². The van der Waals surface area contributed by atoms with Crippen molar-refractivity contribution in [3.8, 4) is 5.88 Å². The number of aromatic nitrogens is 1. The minimum atomic E-state index is 0.0804. The van der Waals surface area contributed by atoms with Crippen molar-refractivity contribution in [3.05, 3.63) is 9.30 Å². The molecule has 0 aromatic carbocycles. The van der Waals surface area contributed by atoms with Gasteiger partial charge in [0.25, 0.3) is 0 Å². The zero-order chi connectivity index (χ0) is 5.28. The lowest BCUT2D eigenvalue weighted by atomic mass is 10.9. The highest BCUT2D eigenvalue weighted by Crippen LogP contribution is 2.19. The average molecular weight is 180 g/mol. The Morgan fingerprint density at radius 1 is 1.86 bits per heavy atom. The summed E-state index contributed by atoms with van der Waals surface area (Å²) in [6.45, 7) is 0. The minimum Gasteiger partial charge on any atom is -0.493 e. The lowest BCUT2D eigenvalue weighted by Crippen LogP contribution is -1.56. The predicted octanol–water partition coefficient (Wildman–Crippen LogP) is 1.61. The van der Waals surface area contributed by atoms with Crippen LogP contribution in [-0.2, 0) is 0 Å². The lowest BCUT2D eigenvalue weighted by molar-refractivity contribution is 0.456. The van der Waals surface area contributed by atoms with Gasteiger partial charge in [0.1, 0.15) is 0 Å². The van der Waals surface area contributed by atoms with E-state index in [4.69, 9.17) is 5.11 Å².